The number of amides is 1. The van der Waals surface area contributed by atoms with Crippen LogP contribution in [0.3, 0.4) is 0 Å². The summed E-state index contributed by atoms with van der Waals surface area (Å²) in [5.41, 5.74) is 3.37. The SMILES string of the molecule is Cc1cc(C)cc(NC(=O)COC(=O)Cc2ccc(F)cc2)c1. The number of benzene rings is 2. The van der Waals surface area contributed by atoms with E-state index in [2.05, 4.69) is 5.32 Å². The number of rotatable bonds is 5. The van der Waals surface area contributed by atoms with Crippen LogP contribution in [0, 0.1) is 19.7 Å². The third kappa shape index (κ3) is 5.54. The minimum atomic E-state index is -0.535. The van der Waals surface area contributed by atoms with Gasteiger partial charge in [-0.2, -0.15) is 0 Å². The molecule has 2 aromatic rings. The number of halogens is 1. The van der Waals surface area contributed by atoms with E-state index in [9.17, 15) is 14.0 Å². The van der Waals surface area contributed by atoms with Crippen molar-refractivity contribution < 1.29 is 18.7 Å². The summed E-state index contributed by atoms with van der Waals surface area (Å²) in [6.07, 6.45) is -0.00286. The number of carbonyl (C=O) groups excluding carboxylic acids is 2. The average molecular weight is 315 g/mol. The fraction of sp³-hybridized carbons (Fsp3) is 0.222. The van der Waals surface area contributed by atoms with Crippen LogP contribution in [0.5, 0.6) is 0 Å². The first-order chi connectivity index (χ1) is 10.9. The fourth-order valence-corrected chi connectivity index (χ4v) is 2.21. The highest BCUT2D eigenvalue weighted by Crippen LogP contribution is 2.13. The minimum absolute atomic E-state index is 0.00286. The molecule has 0 saturated carbocycles. The molecule has 0 aliphatic rings. The third-order valence-corrected chi connectivity index (χ3v) is 3.13. The molecule has 0 aliphatic carbocycles. The molecular formula is C18H18FNO3. The Balaban J connectivity index is 1.81. The van der Waals surface area contributed by atoms with Gasteiger partial charge in [0.15, 0.2) is 6.61 Å². The van der Waals surface area contributed by atoms with Crippen molar-refractivity contribution in [2.45, 2.75) is 20.3 Å². The molecular weight excluding hydrogens is 297 g/mol. The highest BCUT2D eigenvalue weighted by atomic mass is 19.1. The zero-order valence-corrected chi connectivity index (χ0v) is 13.1. The van der Waals surface area contributed by atoms with Crippen molar-refractivity contribution in [2.24, 2.45) is 0 Å². The van der Waals surface area contributed by atoms with Gasteiger partial charge in [-0.15, -0.1) is 0 Å². The van der Waals surface area contributed by atoms with Gasteiger partial charge in [0.25, 0.3) is 5.91 Å². The molecule has 0 fully saturated rings. The molecule has 0 unspecified atom stereocenters. The molecule has 2 aromatic carbocycles. The van der Waals surface area contributed by atoms with E-state index >= 15 is 0 Å². The van der Waals surface area contributed by atoms with E-state index in [1.54, 1.807) is 0 Å². The standard InChI is InChI=1S/C18H18FNO3/c1-12-7-13(2)9-16(8-12)20-17(21)11-23-18(22)10-14-3-5-15(19)6-4-14/h3-9H,10-11H2,1-2H3,(H,20,21). The first-order valence-electron chi connectivity index (χ1n) is 7.20. The van der Waals surface area contributed by atoms with Crippen molar-refractivity contribution in [1.82, 2.24) is 0 Å². The number of aryl methyl sites for hydroxylation is 2. The Morgan fingerprint density at radius 2 is 1.65 bits per heavy atom. The Hall–Kier alpha value is -2.69. The summed E-state index contributed by atoms with van der Waals surface area (Å²) in [5, 5.41) is 2.68. The lowest BCUT2D eigenvalue weighted by atomic mass is 10.1. The van der Waals surface area contributed by atoms with Gasteiger partial charge in [-0.05, 0) is 54.8 Å². The van der Waals surface area contributed by atoms with Crippen molar-refractivity contribution in [1.29, 1.82) is 0 Å². The topological polar surface area (TPSA) is 55.4 Å². The zero-order valence-electron chi connectivity index (χ0n) is 13.1. The molecule has 0 aromatic heterocycles. The van der Waals surface area contributed by atoms with Gasteiger partial charge in [-0.25, -0.2) is 4.39 Å². The maximum Gasteiger partial charge on any atom is 0.310 e. The lowest BCUT2D eigenvalue weighted by molar-refractivity contribution is -0.146. The predicted octanol–water partition coefficient (Wildman–Crippen LogP) is 3.17. The van der Waals surface area contributed by atoms with Crippen molar-refractivity contribution in [3.63, 3.8) is 0 Å². The second kappa shape index (κ2) is 7.54. The van der Waals surface area contributed by atoms with E-state index in [1.165, 1.54) is 24.3 Å². The Bertz CT molecular complexity index is 690. The van der Waals surface area contributed by atoms with E-state index in [1.807, 2.05) is 32.0 Å². The summed E-state index contributed by atoms with van der Waals surface area (Å²) in [7, 11) is 0. The summed E-state index contributed by atoms with van der Waals surface area (Å²) in [6, 6.07) is 11.2. The van der Waals surface area contributed by atoms with Gasteiger partial charge >= 0.3 is 5.97 Å². The number of carbonyl (C=O) groups is 2. The van der Waals surface area contributed by atoms with Crippen molar-refractivity contribution >= 4 is 17.6 Å². The van der Waals surface area contributed by atoms with Crippen molar-refractivity contribution in [3.05, 3.63) is 65.0 Å². The largest absolute Gasteiger partial charge is 0.455 e. The van der Waals surface area contributed by atoms with Gasteiger partial charge in [0.1, 0.15) is 5.82 Å². The summed E-state index contributed by atoms with van der Waals surface area (Å²) < 4.78 is 17.7. The second-order valence-corrected chi connectivity index (χ2v) is 5.39. The molecule has 1 N–H and O–H groups in total. The average Bonchev–Trinajstić information content (AvgIpc) is 2.46. The lowest BCUT2D eigenvalue weighted by Gasteiger charge is -2.08. The maximum absolute atomic E-state index is 12.8. The molecule has 0 atom stereocenters. The molecule has 23 heavy (non-hydrogen) atoms. The van der Waals surface area contributed by atoms with Crippen LogP contribution in [0.25, 0.3) is 0 Å². The molecule has 0 heterocycles. The summed E-state index contributed by atoms with van der Waals surface area (Å²) >= 11 is 0. The highest BCUT2D eigenvalue weighted by molar-refractivity contribution is 5.93. The molecule has 120 valence electrons. The smallest absolute Gasteiger partial charge is 0.310 e. The zero-order chi connectivity index (χ0) is 16.8. The normalized spacial score (nSPS) is 10.2. The van der Waals surface area contributed by atoms with Crippen LogP contribution in [0.4, 0.5) is 10.1 Å². The third-order valence-electron chi connectivity index (χ3n) is 3.13. The van der Waals surface area contributed by atoms with Crippen LogP contribution in [-0.4, -0.2) is 18.5 Å². The van der Waals surface area contributed by atoms with Gasteiger partial charge < -0.3 is 10.1 Å². The van der Waals surface area contributed by atoms with E-state index in [0.29, 0.717) is 11.3 Å². The highest BCUT2D eigenvalue weighted by Gasteiger charge is 2.09. The van der Waals surface area contributed by atoms with Gasteiger partial charge in [0.2, 0.25) is 0 Å². The molecule has 0 radical (unpaired) electrons. The number of ether oxygens (including phenoxy) is 1. The number of hydrogen-bond donors (Lipinski definition) is 1. The fourth-order valence-electron chi connectivity index (χ4n) is 2.21. The van der Waals surface area contributed by atoms with Crippen LogP contribution in [0.1, 0.15) is 16.7 Å². The molecule has 1 amide bonds. The van der Waals surface area contributed by atoms with Crippen LogP contribution in [0.2, 0.25) is 0 Å². The molecule has 0 bridgehead atoms. The Kier molecular flexibility index (Phi) is 5.46. The molecule has 0 aliphatic heterocycles. The van der Waals surface area contributed by atoms with Gasteiger partial charge in [-0.3, -0.25) is 9.59 Å². The van der Waals surface area contributed by atoms with Crippen molar-refractivity contribution in [2.75, 3.05) is 11.9 Å². The second-order valence-electron chi connectivity index (χ2n) is 5.39. The molecule has 0 saturated heterocycles. The van der Waals surface area contributed by atoms with Crippen LogP contribution >= 0.6 is 0 Å². The van der Waals surface area contributed by atoms with Crippen LogP contribution in [-0.2, 0) is 20.7 Å². The molecule has 4 nitrogen and oxygen atoms in total. The monoisotopic (exact) mass is 315 g/mol. The van der Waals surface area contributed by atoms with Gasteiger partial charge in [-0.1, -0.05) is 18.2 Å². The van der Waals surface area contributed by atoms with E-state index < -0.39 is 11.9 Å². The summed E-state index contributed by atoms with van der Waals surface area (Å²) in [5.74, 6) is -1.30. The number of esters is 1. The van der Waals surface area contributed by atoms with E-state index in [0.717, 1.165) is 11.1 Å². The van der Waals surface area contributed by atoms with E-state index in [4.69, 9.17) is 4.74 Å². The molecule has 2 rings (SSSR count). The minimum Gasteiger partial charge on any atom is -0.455 e. The maximum atomic E-state index is 12.8. The van der Waals surface area contributed by atoms with Crippen molar-refractivity contribution in [3.8, 4) is 0 Å². The van der Waals surface area contributed by atoms with Crippen LogP contribution in [0.15, 0.2) is 42.5 Å². The lowest BCUT2D eigenvalue weighted by Crippen LogP contribution is -2.21. The summed E-state index contributed by atoms with van der Waals surface area (Å²) in [4.78, 5) is 23.5. The van der Waals surface area contributed by atoms with Gasteiger partial charge in [0, 0.05) is 5.69 Å². The molecule has 0 spiro atoms. The summed E-state index contributed by atoms with van der Waals surface area (Å²) in [6.45, 7) is 3.52. The Morgan fingerprint density at radius 1 is 1.04 bits per heavy atom. The number of nitrogens with one attached hydrogen (secondary N) is 1. The van der Waals surface area contributed by atoms with Gasteiger partial charge in [0.05, 0.1) is 6.42 Å². The number of hydrogen-bond acceptors (Lipinski definition) is 3. The Morgan fingerprint density at radius 3 is 2.26 bits per heavy atom. The predicted molar refractivity (Wildman–Crippen MR) is 85.6 cm³/mol. The Labute approximate surface area is 134 Å². The molecule has 5 heteroatoms. The quantitative estimate of drug-likeness (QED) is 0.862. The first kappa shape index (κ1) is 16.7. The van der Waals surface area contributed by atoms with Crippen LogP contribution < -0.4 is 5.32 Å². The van der Waals surface area contributed by atoms with E-state index in [-0.39, 0.29) is 18.8 Å². The first-order valence-corrected chi connectivity index (χ1v) is 7.20. The number of anilines is 1.